The number of thiophene rings is 1. The summed E-state index contributed by atoms with van der Waals surface area (Å²) in [6, 6.07) is 2.22. The van der Waals surface area contributed by atoms with Gasteiger partial charge in [0.2, 0.25) is 0 Å². The van der Waals surface area contributed by atoms with Crippen molar-refractivity contribution in [1.29, 1.82) is 0 Å². The van der Waals surface area contributed by atoms with Crippen molar-refractivity contribution in [2.24, 2.45) is 5.84 Å². The van der Waals surface area contributed by atoms with E-state index < -0.39 is 0 Å². The molecule has 2 aromatic rings. The maximum atomic E-state index is 5.76. The zero-order chi connectivity index (χ0) is 14.2. The fraction of sp³-hybridized carbons (Fsp3) is 0.364. The van der Waals surface area contributed by atoms with E-state index in [0.717, 1.165) is 23.3 Å². The van der Waals surface area contributed by atoms with Gasteiger partial charge in [-0.1, -0.05) is 0 Å². The van der Waals surface area contributed by atoms with E-state index in [1.165, 1.54) is 0 Å². The van der Waals surface area contributed by atoms with E-state index in [1.807, 2.05) is 4.68 Å². The molecule has 104 valence electrons. The Bertz CT molecular complexity index is 559. The summed E-state index contributed by atoms with van der Waals surface area (Å²) < 4.78 is 5.00. The predicted molar refractivity (Wildman–Crippen MR) is 89.2 cm³/mol. The number of nitrogens with zero attached hydrogens (tertiary/aromatic N) is 2. The van der Waals surface area contributed by atoms with Crippen LogP contribution < -0.4 is 11.3 Å². The molecule has 0 saturated heterocycles. The van der Waals surface area contributed by atoms with Crippen LogP contribution in [-0.2, 0) is 0 Å². The molecule has 0 radical (unpaired) electrons. The van der Waals surface area contributed by atoms with Gasteiger partial charge in [0, 0.05) is 15.4 Å². The molecule has 2 rings (SSSR count). The van der Waals surface area contributed by atoms with Crippen LogP contribution >= 0.6 is 59.1 Å². The number of hydrazine groups is 1. The second kappa shape index (κ2) is 6.36. The first-order chi connectivity index (χ1) is 8.95. The van der Waals surface area contributed by atoms with E-state index in [-0.39, 0.29) is 12.1 Å². The number of halogens is 3. The topological polar surface area (TPSA) is 55.9 Å². The number of aromatic nitrogens is 2. The second-order valence-electron chi connectivity index (χ2n) is 4.29. The minimum absolute atomic E-state index is 0.105. The van der Waals surface area contributed by atoms with Crippen molar-refractivity contribution in [3.8, 4) is 0 Å². The monoisotopic (exact) mass is 470 g/mol. The van der Waals surface area contributed by atoms with Crippen molar-refractivity contribution >= 4 is 59.1 Å². The summed E-state index contributed by atoms with van der Waals surface area (Å²) in [6.45, 7) is 4.19. The SMILES string of the molecule is CC(C)n1ncc(Br)c1C(NN)c1cc(Br)c(Br)s1. The molecular weight excluding hydrogens is 460 g/mol. The molecule has 2 heterocycles. The van der Waals surface area contributed by atoms with Crippen molar-refractivity contribution < 1.29 is 0 Å². The number of hydrogen-bond acceptors (Lipinski definition) is 4. The van der Waals surface area contributed by atoms with Crippen molar-refractivity contribution in [2.45, 2.75) is 25.9 Å². The Morgan fingerprint density at radius 3 is 2.47 bits per heavy atom. The summed E-state index contributed by atoms with van der Waals surface area (Å²) in [4.78, 5) is 1.12. The van der Waals surface area contributed by atoms with E-state index in [0.29, 0.717) is 0 Å². The quantitative estimate of drug-likeness (QED) is 0.513. The predicted octanol–water partition coefficient (Wildman–Crippen LogP) is 4.37. The Morgan fingerprint density at radius 2 is 2.00 bits per heavy atom. The Kier molecular flexibility index (Phi) is 5.24. The van der Waals surface area contributed by atoms with E-state index in [9.17, 15) is 0 Å². The lowest BCUT2D eigenvalue weighted by Crippen LogP contribution is -2.30. The highest BCUT2D eigenvalue weighted by Crippen LogP contribution is 2.39. The van der Waals surface area contributed by atoms with Gasteiger partial charge < -0.3 is 0 Å². The lowest BCUT2D eigenvalue weighted by molar-refractivity contribution is 0.477. The first-order valence-electron chi connectivity index (χ1n) is 5.59. The largest absolute Gasteiger partial charge is 0.270 e. The molecule has 0 aliphatic carbocycles. The van der Waals surface area contributed by atoms with Crippen LogP contribution in [-0.4, -0.2) is 9.78 Å². The minimum atomic E-state index is -0.105. The molecule has 0 amide bonds. The lowest BCUT2D eigenvalue weighted by Gasteiger charge is -2.19. The van der Waals surface area contributed by atoms with E-state index >= 15 is 0 Å². The first-order valence-corrected chi connectivity index (χ1v) is 8.79. The Morgan fingerprint density at radius 1 is 1.32 bits per heavy atom. The zero-order valence-corrected chi connectivity index (χ0v) is 15.9. The van der Waals surface area contributed by atoms with Crippen LogP contribution in [0, 0.1) is 0 Å². The van der Waals surface area contributed by atoms with E-state index in [1.54, 1.807) is 17.5 Å². The van der Waals surface area contributed by atoms with Crippen LogP contribution in [0.15, 0.2) is 25.0 Å². The normalized spacial score (nSPS) is 13.2. The molecule has 1 unspecified atom stereocenters. The van der Waals surface area contributed by atoms with Crippen molar-refractivity contribution in [3.05, 3.63) is 35.6 Å². The van der Waals surface area contributed by atoms with Crippen LogP contribution in [0.4, 0.5) is 0 Å². The molecule has 1 atom stereocenters. The average Bonchev–Trinajstić information content (AvgIpc) is 2.86. The van der Waals surface area contributed by atoms with E-state index in [2.05, 4.69) is 78.2 Å². The van der Waals surface area contributed by atoms with E-state index in [4.69, 9.17) is 5.84 Å². The molecule has 3 N–H and O–H groups in total. The fourth-order valence-corrected chi connectivity index (χ4v) is 4.49. The van der Waals surface area contributed by atoms with Gasteiger partial charge in [0.15, 0.2) is 0 Å². The molecule has 19 heavy (non-hydrogen) atoms. The third-order valence-electron chi connectivity index (χ3n) is 2.66. The smallest absolute Gasteiger partial charge is 0.0982 e. The molecule has 0 fully saturated rings. The van der Waals surface area contributed by atoms with Gasteiger partial charge in [-0.05, 0) is 67.7 Å². The maximum Gasteiger partial charge on any atom is 0.0982 e. The molecule has 0 bridgehead atoms. The Hall–Kier alpha value is 0.270. The van der Waals surface area contributed by atoms with Crippen LogP contribution in [0.3, 0.4) is 0 Å². The fourth-order valence-electron chi connectivity index (χ4n) is 1.83. The number of hydrogen-bond donors (Lipinski definition) is 2. The van der Waals surface area contributed by atoms with Gasteiger partial charge in [0.05, 0.1) is 26.2 Å². The first kappa shape index (κ1) is 15.7. The summed E-state index contributed by atoms with van der Waals surface area (Å²) in [5.74, 6) is 5.76. The summed E-state index contributed by atoms with van der Waals surface area (Å²) in [5.41, 5.74) is 3.90. The number of rotatable bonds is 4. The molecule has 0 aliphatic heterocycles. The zero-order valence-electron chi connectivity index (χ0n) is 10.3. The van der Waals surface area contributed by atoms with Crippen LogP contribution in [0.5, 0.6) is 0 Å². The van der Waals surface area contributed by atoms with Crippen LogP contribution in [0.25, 0.3) is 0 Å². The Labute approximate surface area is 141 Å². The summed E-state index contributed by atoms with van der Waals surface area (Å²) in [5, 5.41) is 4.39. The van der Waals surface area contributed by atoms with Crippen LogP contribution in [0.2, 0.25) is 0 Å². The van der Waals surface area contributed by atoms with Gasteiger partial charge in [0.1, 0.15) is 0 Å². The van der Waals surface area contributed by atoms with Gasteiger partial charge in [-0.3, -0.25) is 10.5 Å². The summed E-state index contributed by atoms with van der Waals surface area (Å²) >= 11 is 12.2. The summed E-state index contributed by atoms with van der Waals surface area (Å²) in [7, 11) is 0. The average molecular weight is 473 g/mol. The van der Waals surface area contributed by atoms with Crippen molar-refractivity contribution in [3.63, 3.8) is 0 Å². The molecule has 0 aliphatic rings. The molecule has 0 spiro atoms. The van der Waals surface area contributed by atoms with Crippen molar-refractivity contribution in [1.82, 2.24) is 15.2 Å². The minimum Gasteiger partial charge on any atom is -0.270 e. The van der Waals surface area contributed by atoms with Gasteiger partial charge in [0.25, 0.3) is 0 Å². The molecule has 0 saturated carbocycles. The molecule has 8 heteroatoms. The van der Waals surface area contributed by atoms with Gasteiger partial charge in [-0.2, -0.15) is 5.10 Å². The standard InChI is InChI=1S/C11H13Br3N4S/c1-5(2)18-10(7(13)4-16-18)9(17-15)8-3-6(12)11(14)19-8/h3-5,9,17H,15H2,1-2H3. The van der Waals surface area contributed by atoms with Gasteiger partial charge in [-0.15, -0.1) is 11.3 Å². The van der Waals surface area contributed by atoms with Crippen LogP contribution in [0.1, 0.15) is 36.5 Å². The molecule has 2 aromatic heterocycles. The third-order valence-corrected chi connectivity index (χ3v) is 6.60. The summed E-state index contributed by atoms with van der Waals surface area (Å²) in [6.07, 6.45) is 1.80. The number of nitrogens with two attached hydrogens (primary N) is 1. The number of nitrogens with one attached hydrogen (secondary N) is 1. The van der Waals surface area contributed by atoms with Gasteiger partial charge >= 0.3 is 0 Å². The highest BCUT2D eigenvalue weighted by Gasteiger charge is 2.24. The second-order valence-corrected chi connectivity index (χ2v) is 8.40. The highest BCUT2D eigenvalue weighted by molar-refractivity contribution is 9.13. The molecule has 4 nitrogen and oxygen atoms in total. The van der Waals surface area contributed by atoms with Gasteiger partial charge in [-0.25, -0.2) is 5.43 Å². The van der Waals surface area contributed by atoms with Crippen molar-refractivity contribution in [2.75, 3.05) is 0 Å². The molecule has 0 aromatic carbocycles. The maximum absolute atomic E-state index is 5.76. The lowest BCUT2D eigenvalue weighted by atomic mass is 10.1. The third kappa shape index (κ3) is 3.14. The Balaban J connectivity index is 2.50. The highest BCUT2D eigenvalue weighted by atomic mass is 79.9. The molecular formula is C11H13Br3N4S.